The first kappa shape index (κ1) is 20.9. The largest absolute Gasteiger partial charge is 0.354 e. The lowest BCUT2D eigenvalue weighted by Gasteiger charge is -2.16. The highest BCUT2D eigenvalue weighted by Gasteiger charge is 2.34. The second-order valence-corrected chi connectivity index (χ2v) is 8.38. The average Bonchev–Trinajstić information content (AvgIpc) is 3.35. The van der Waals surface area contributed by atoms with E-state index in [0.717, 1.165) is 22.0 Å². The monoisotopic (exact) mass is 444 g/mol. The van der Waals surface area contributed by atoms with E-state index in [1.807, 2.05) is 49.4 Å². The molecule has 1 atom stereocenters. The minimum Gasteiger partial charge on any atom is -0.354 e. The van der Waals surface area contributed by atoms with Crippen LogP contribution >= 0.6 is 0 Å². The second kappa shape index (κ2) is 8.50. The van der Waals surface area contributed by atoms with Crippen LogP contribution in [0, 0.1) is 12.8 Å². The number of para-hydroxylation sites is 1. The van der Waals surface area contributed by atoms with Gasteiger partial charge >= 0.3 is 5.69 Å². The molecular weight excluding hydrogens is 420 g/mol. The topological polar surface area (TPSA) is 102 Å². The van der Waals surface area contributed by atoms with Gasteiger partial charge in [0.05, 0.1) is 18.0 Å². The number of carbonyl (C=O) groups excluding carboxylic acids is 2. The molecule has 4 heterocycles. The molecule has 0 radical (unpaired) electrons. The van der Waals surface area contributed by atoms with Crippen molar-refractivity contribution in [3.05, 3.63) is 76.5 Å². The van der Waals surface area contributed by atoms with Crippen LogP contribution in [0.25, 0.3) is 16.6 Å². The molecule has 0 saturated carbocycles. The summed E-state index contributed by atoms with van der Waals surface area (Å²) >= 11 is 0. The van der Waals surface area contributed by atoms with Crippen LogP contribution in [0.4, 0.5) is 0 Å². The van der Waals surface area contributed by atoms with Crippen molar-refractivity contribution in [2.45, 2.75) is 26.4 Å². The molecule has 9 heteroatoms. The molecule has 4 aromatic rings. The van der Waals surface area contributed by atoms with Crippen LogP contribution in [0.15, 0.2) is 59.7 Å². The molecule has 33 heavy (non-hydrogen) atoms. The van der Waals surface area contributed by atoms with Gasteiger partial charge in [0, 0.05) is 38.4 Å². The SMILES string of the molecule is Cc1cc2ccccc2n2c(=O)n(CCNC(=O)C3CC(=O)N(Cc4cccnc4)C3)nc12. The Kier molecular flexibility index (Phi) is 5.37. The van der Waals surface area contributed by atoms with Crippen LogP contribution in [0.5, 0.6) is 0 Å². The van der Waals surface area contributed by atoms with Crippen LogP contribution in [0.2, 0.25) is 0 Å². The molecule has 168 valence electrons. The van der Waals surface area contributed by atoms with Gasteiger partial charge in [0.2, 0.25) is 11.8 Å². The number of nitrogens with one attached hydrogen (secondary N) is 1. The van der Waals surface area contributed by atoms with E-state index in [4.69, 9.17) is 0 Å². The summed E-state index contributed by atoms with van der Waals surface area (Å²) in [5.41, 5.74) is 3.01. The van der Waals surface area contributed by atoms with E-state index in [9.17, 15) is 14.4 Å². The predicted octanol–water partition coefficient (Wildman–Crippen LogP) is 1.52. The third-order valence-electron chi connectivity index (χ3n) is 6.05. The normalized spacial score (nSPS) is 16.1. The van der Waals surface area contributed by atoms with E-state index in [2.05, 4.69) is 15.4 Å². The van der Waals surface area contributed by atoms with Gasteiger partial charge in [-0.25, -0.2) is 13.9 Å². The highest BCUT2D eigenvalue weighted by molar-refractivity contribution is 5.89. The number of amides is 2. The maximum absolute atomic E-state index is 13.0. The van der Waals surface area contributed by atoms with Crippen LogP contribution in [-0.4, -0.2) is 49.0 Å². The zero-order valence-electron chi connectivity index (χ0n) is 18.3. The first-order valence-corrected chi connectivity index (χ1v) is 10.9. The first-order valence-electron chi connectivity index (χ1n) is 10.9. The lowest BCUT2D eigenvalue weighted by atomic mass is 10.1. The Morgan fingerprint density at radius 1 is 1.18 bits per heavy atom. The summed E-state index contributed by atoms with van der Waals surface area (Å²) in [4.78, 5) is 43.7. The number of fused-ring (bicyclic) bond motifs is 3. The lowest BCUT2D eigenvalue weighted by Crippen LogP contribution is -2.36. The zero-order chi connectivity index (χ0) is 22.9. The van der Waals surface area contributed by atoms with Crippen molar-refractivity contribution in [3.63, 3.8) is 0 Å². The summed E-state index contributed by atoms with van der Waals surface area (Å²) in [6.07, 6.45) is 3.59. The van der Waals surface area contributed by atoms with Crippen molar-refractivity contribution in [2.24, 2.45) is 5.92 Å². The third-order valence-corrected chi connectivity index (χ3v) is 6.05. The highest BCUT2D eigenvalue weighted by atomic mass is 16.2. The van der Waals surface area contributed by atoms with Gasteiger partial charge in [-0.1, -0.05) is 24.3 Å². The molecule has 1 saturated heterocycles. The quantitative estimate of drug-likeness (QED) is 0.486. The third kappa shape index (κ3) is 3.97. The Bertz CT molecular complexity index is 1410. The molecular formula is C24H24N6O3. The molecule has 3 aromatic heterocycles. The van der Waals surface area contributed by atoms with Crippen molar-refractivity contribution >= 4 is 28.4 Å². The average molecular weight is 444 g/mol. The van der Waals surface area contributed by atoms with Crippen LogP contribution in [-0.2, 0) is 22.7 Å². The van der Waals surface area contributed by atoms with E-state index in [-0.39, 0.29) is 37.0 Å². The number of nitrogens with zero attached hydrogens (tertiary/aromatic N) is 5. The molecule has 1 unspecified atom stereocenters. The maximum Gasteiger partial charge on any atom is 0.350 e. The summed E-state index contributed by atoms with van der Waals surface area (Å²) < 4.78 is 2.99. The Balaban J connectivity index is 1.24. The number of carbonyl (C=O) groups is 2. The van der Waals surface area contributed by atoms with Crippen molar-refractivity contribution in [1.29, 1.82) is 0 Å². The van der Waals surface area contributed by atoms with E-state index in [1.54, 1.807) is 21.7 Å². The van der Waals surface area contributed by atoms with Crippen molar-refractivity contribution in [1.82, 2.24) is 29.4 Å². The maximum atomic E-state index is 13.0. The molecule has 1 N–H and O–H groups in total. The highest BCUT2D eigenvalue weighted by Crippen LogP contribution is 2.20. The van der Waals surface area contributed by atoms with Crippen molar-refractivity contribution in [3.8, 4) is 0 Å². The smallest absolute Gasteiger partial charge is 0.350 e. The Morgan fingerprint density at radius 2 is 2.03 bits per heavy atom. The number of hydrogen-bond donors (Lipinski definition) is 1. The predicted molar refractivity (Wildman–Crippen MR) is 122 cm³/mol. The van der Waals surface area contributed by atoms with Crippen LogP contribution in [0.3, 0.4) is 0 Å². The first-order chi connectivity index (χ1) is 16.0. The summed E-state index contributed by atoms with van der Waals surface area (Å²) in [6, 6.07) is 13.4. The Morgan fingerprint density at radius 3 is 2.85 bits per heavy atom. The van der Waals surface area contributed by atoms with E-state index in [1.165, 1.54) is 4.68 Å². The molecule has 5 rings (SSSR count). The zero-order valence-corrected chi connectivity index (χ0v) is 18.3. The molecule has 0 spiro atoms. The van der Waals surface area contributed by atoms with Gasteiger partial charge < -0.3 is 10.2 Å². The van der Waals surface area contributed by atoms with Crippen LogP contribution < -0.4 is 11.0 Å². The number of rotatable bonds is 6. The van der Waals surface area contributed by atoms with E-state index in [0.29, 0.717) is 18.7 Å². The standard InChI is InChI=1S/C24H24N6O3/c1-16-11-18-6-2-3-7-20(18)30-22(16)27-29(24(30)33)10-9-26-23(32)19-12-21(31)28(15-19)14-17-5-4-8-25-13-17/h2-8,11,13,19H,9-10,12,14-15H2,1H3,(H,26,32). The van der Waals surface area contributed by atoms with Gasteiger partial charge in [0.1, 0.15) is 0 Å². The molecule has 1 fully saturated rings. The van der Waals surface area contributed by atoms with Crippen molar-refractivity contribution < 1.29 is 9.59 Å². The summed E-state index contributed by atoms with van der Waals surface area (Å²) in [5.74, 6) is -0.633. The number of aromatic nitrogens is 4. The molecule has 1 aliphatic rings. The number of benzene rings is 1. The summed E-state index contributed by atoms with van der Waals surface area (Å²) in [6.45, 7) is 3.25. The van der Waals surface area contributed by atoms with Crippen molar-refractivity contribution in [2.75, 3.05) is 13.1 Å². The summed E-state index contributed by atoms with van der Waals surface area (Å²) in [5, 5.41) is 8.31. The number of hydrogen-bond acceptors (Lipinski definition) is 5. The number of likely N-dealkylation sites (tertiary alicyclic amines) is 1. The number of pyridine rings is 2. The Labute approximate surface area is 189 Å². The lowest BCUT2D eigenvalue weighted by molar-refractivity contribution is -0.129. The van der Waals surface area contributed by atoms with E-state index >= 15 is 0 Å². The van der Waals surface area contributed by atoms with E-state index < -0.39 is 5.92 Å². The molecule has 0 aliphatic carbocycles. The van der Waals surface area contributed by atoms with Gasteiger partial charge in [-0.2, -0.15) is 0 Å². The fraction of sp³-hybridized carbons (Fsp3) is 0.292. The molecule has 1 aliphatic heterocycles. The fourth-order valence-corrected chi connectivity index (χ4v) is 4.38. The molecule has 0 bridgehead atoms. The second-order valence-electron chi connectivity index (χ2n) is 8.38. The summed E-state index contributed by atoms with van der Waals surface area (Å²) in [7, 11) is 0. The van der Waals surface area contributed by atoms with Crippen LogP contribution in [0.1, 0.15) is 17.5 Å². The molecule has 2 amide bonds. The molecule has 9 nitrogen and oxygen atoms in total. The Hall–Kier alpha value is -4.01. The minimum absolute atomic E-state index is 0.0436. The van der Waals surface area contributed by atoms with Gasteiger partial charge in [0.15, 0.2) is 5.65 Å². The number of aryl methyl sites for hydroxylation is 1. The fourth-order valence-electron chi connectivity index (χ4n) is 4.38. The molecule has 1 aromatic carbocycles. The minimum atomic E-state index is -0.404. The van der Waals surface area contributed by atoms with Gasteiger partial charge in [-0.15, -0.1) is 5.10 Å². The van der Waals surface area contributed by atoms with Gasteiger partial charge in [0.25, 0.3) is 0 Å². The van der Waals surface area contributed by atoms with Gasteiger partial charge in [-0.3, -0.25) is 14.6 Å². The van der Waals surface area contributed by atoms with Gasteiger partial charge in [-0.05, 0) is 41.6 Å².